The van der Waals surface area contributed by atoms with Gasteiger partial charge in [0.15, 0.2) is 0 Å². The molecule has 0 fully saturated rings. The van der Waals surface area contributed by atoms with E-state index in [1.165, 1.54) is 0 Å². The van der Waals surface area contributed by atoms with Crippen LogP contribution in [0.5, 0.6) is 0 Å². The topological polar surface area (TPSA) is 12.9 Å². The van der Waals surface area contributed by atoms with E-state index in [1.54, 1.807) is 12.3 Å². The van der Waals surface area contributed by atoms with Crippen molar-refractivity contribution in [1.82, 2.24) is 4.98 Å². The maximum Gasteiger partial charge on any atom is 0.113 e. The molecule has 1 aromatic rings. The minimum atomic E-state index is 0.811. The monoisotopic (exact) mass is 143 g/mol. The highest BCUT2D eigenvalue weighted by molar-refractivity contribution is 5.30. The van der Waals surface area contributed by atoms with Crippen molar-refractivity contribution in [2.24, 2.45) is 0 Å². The lowest BCUT2D eigenvalue weighted by Gasteiger charge is -1.83. The summed E-state index contributed by atoms with van der Waals surface area (Å²) in [5, 5.41) is 0. The second-order valence-corrected chi connectivity index (χ2v) is 1.98. The Hall–Kier alpha value is -1.55. The smallest absolute Gasteiger partial charge is 0.113 e. The fraction of sp³-hybridized carbons (Fsp3) is 0.100. The van der Waals surface area contributed by atoms with Gasteiger partial charge in [0, 0.05) is 6.20 Å². The second kappa shape index (κ2) is 4.29. The fourth-order valence-corrected chi connectivity index (χ4v) is 0.636. The van der Waals surface area contributed by atoms with E-state index in [4.69, 9.17) is 0 Å². The van der Waals surface area contributed by atoms with E-state index < -0.39 is 0 Å². The van der Waals surface area contributed by atoms with Crippen molar-refractivity contribution >= 4 is 0 Å². The zero-order valence-corrected chi connectivity index (χ0v) is 6.41. The highest BCUT2D eigenvalue weighted by Gasteiger charge is 1.79. The molecule has 1 nitrogen and oxygen atoms in total. The third-order valence-electron chi connectivity index (χ3n) is 1.12. The summed E-state index contributed by atoms with van der Waals surface area (Å²) in [4.78, 5) is 4.04. The van der Waals surface area contributed by atoms with Gasteiger partial charge in [-0.15, -0.1) is 0 Å². The number of allylic oxidation sites excluding steroid dienone is 2. The van der Waals surface area contributed by atoms with Crippen LogP contribution in [0.4, 0.5) is 0 Å². The van der Waals surface area contributed by atoms with Gasteiger partial charge >= 0.3 is 0 Å². The van der Waals surface area contributed by atoms with Gasteiger partial charge in [0.1, 0.15) is 5.69 Å². The molecule has 0 bridgehead atoms. The number of nitrogens with zero attached hydrogens (tertiary/aromatic N) is 1. The molecule has 0 saturated heterocycles. The Morgan fingerprint density at radius 2 is 2.36 bits per heavy atom. The minimum Gasteiger partial charge on any atom is -0.248 e. The van der Waals surface area contributed by atoms with Gasteiger partial charge in [-0.05, 0) is 31.1 Å². The lowest BCUT2D eigenvalue weighted by Crippen LogP contribution is -1.76. The molecule has 0 saturated carbocycles. The normalized spacial score (nSPS) is 9.18. The van der Waals surface area contributed by atoms with Gasteiger partial charge in [0.25, 0.3) is 0 Å². The van der Waals surface area contributed by atoms with Gasteiger partial charge in [-0.3, -0.25) is 0 Å². The molecule has 54 valence electrons. The average Bonchev–Trinajstić information content (AvgIpc) is 2.07. The maximum absolute atomic E-state index is 4.04. The first-order valence-electron chi connectivity index (χ1n) is 3.47. The Labute approximate surface area is 66.8 Å². The molecular formula is C10H9N. The summed E-state index contributed by atoms with van der Waals surface area (Å²) in [5.41, 5.74) is 0.811. The molecule has 0 radical (unpaired) electrons. The van der Waals surface area contributed by atoms with Crippen LogP contribution < -0.4 is 0 Å². The van der Waals surface area contributed by atoms with Crippen molar-refractivity contribution in [2.45, 2.75) is 6.92 Å². The van der Waals surface area contributed by atoms with Crippen molar-refractivity contribution in [3.63, 3.8) is 0 Å². The van der Waals surface area contributed by atoms with Crippen LogP contribution >= 0.6 is 0 Å². The van der Waals surface area contributed by atoms with Crippen LogP contribution in [0.25, 0.3) is 0 Å². The first-order valence-corrected chi connectivity index (χ1v) is 3.47. The standard InChI is InChI=1S/C10H9N/c1-2-3-4-7-10-8-5-6-9-11-10/h2-3,5-6,8-9H,1H3. The van der Waals surface area contributed by atoms with Crippen molar-refractivity contribution < 1.29 is 0 Å². The maximum atomic E-state index is 4.04. The summed E-state index contributed by atoms with van der Waals surface area (Å²) in [5.74, 6) is 5.76. The molecule has 0 N–H and O–H groups in total. The van der Waals surface area contributed by atoms with E-state index in [1.807, 2.05) is 31.2 Å². The predicted octanol–water partition coefficient (Wildman–Crippen LogP) is 2.01. The average molecular weight is 143 g/mol. The SMILES string of the molecule is CC=CC#Cc1ccccn1. The van der Waals surface area contributed by atoms with Crippen LogP contribution in [0.3, 0.4) is 0 Å². The molecule has 1 heterocycles. The Balaban J connectivity index is 2.74. The number of hydrogen-bond acceptors (Lipinski definition) is 1. The molecule has 0 aliphatic heterocycles. The van der Waals surface area contributed by atoms with Gasteiger partial charge in [-0.25, -0.2) is 4.98 Å². The molecule has 0 atom stereocenters. The molecular weight excluding hydrogens is 134 g/mol. The molecule has 0 aliphatic rings. The summed E-state index contributed by atoms with van der Waals surface area (Å²) >= 11 is 0. The highest BCUT2D eigenvalue weighted by atomic mass is 14.6. The fourth-order valence-electron chi connectivity index (χ4n) is 0.636. The van der Waals surface area contributed by atoms with Crippen LogP contribution in [0.2, 0.25) is 0 Å². The first-order chi connectivity index (χ1) is 5.43. The molecule has 11 heavy (non-hydrogen) atoms. The predicted molar refractivity (Wildman–Crippen MR) is 45.9 cm³/mol. The molecule has 0 spiro atoms. The Morgan fingerprint density at radius 3 is 3.00 bits per heavy atom. The van der Waals surface area contributed by atoms with Crippen molar-refractivity contribution in [2.75, 3.05) is 0 Å². The zero-order chi connectivity index (χ0) is 7.94. The van der Waals surface area contributed by atoms with Crippen LogP contribution in [0, 0.1) is 11.8 Å². The van der Waals surface area contributed by atoms with Crippen LogP contribution in [-0.2, 0) is 0 Å². The summed E-state index contributed by atoms with van der Waals surface area (Å²) in [6.07, 6.45) is 5.43. The molecule has 0 aromatic carbocycles. The lowest BCUT2D eigenvalue weighted by molar-refractivity contribution is 1.29. The van der Waals surface area contributed by atoms with Gasteiger partial charge < -0.3 is 0 Å². The van der Waals surface area contributed by atoms with Crippen molar-refractivity contribution in [3.8, 4) is 11.8 Å². The third-order valence-corrected chi connectivity index (χ3v) is 1.12. The van der Waals surface area contributed by atoms with Crippen molar-refractivity contribution in [3.05, 3.63) is 42.2 Å². The van der Waals surface area contributed by atoms with Gasteiger partial charge in [-0.2, -0.15) is 0 Å². The second-order valence-electron chi connectivity index (χ2n) is 1.98. The molecule has 0 amide bonds. The number of aromatic nitrogens is 1. The highest BCUT2D eigenvalue weighted by Crippen LogP contribution is 1.88. The van der Waals surface area contributed by atoms with E-state index in [0.29, 0.717) is 0 Å². The summed E-state index contributed by atoms with van der Waals surface area (Å²) in [6.45, 7) is 1.94. The summed E-state index contributed by atoms with van der Waals surface area (Å²) in [6, 6.07) is 5.68. The Bertz CT molecular complexity index is 288. The summed E-state index contributed by atoms with van der Waals surface area (Å²) < 4.78 is 0. The molecule has 0 aliphatic carbocycles. The number of hydrogen-bond donors (Lipinski definition) is 0. The molecule has 1 aromatic heterocycles. The van der Waals surface area contributed by atoms with E-state index >= 15 is 0 Å². The molecule has 1 heteroatoms. The number of pyridine rings is 1. The molecule has 1 rings (SSSR count). The zero-order valence-electron chi connectivity index (χ0n) is 6.41. The van der Waals surface area contributed by atoms with E-state index in [-0.39, 0.29) is 0 Å². The Kier molecular flexibility index (Phi) is 2.95. The van der Waals surface area contributed by atoms with E-state index in [2.05, 4.69) is 16.8 Å². The lowest BCUT2D eigenvalue weighted by atomic mass is 10.3. The van der Waals surface area contributed by atoms with Gasteiger partial charge in [-0.1, -0.05) is 18.1 Å². The Morgan fingerprint density at radius 1 is 1.45 bits per heavy atom. The first kappa shape index (κ1) is 7.56. The van der Waals surface area contributed by atoms with Crippen LogP contribution in [0.15, 0.2) is 36.5 Å². The van der Waals surface area contributed by atoms with E-state index in [9.17, 15) is 0 Å². The van der Waals surface area contributed by atoms with E-state index in [0.717, 1.165) is 5.69 Å². The third kappa shape index (κ3) is 2.68. The van der Waals surface area contributed by atoms with Gasteiger partial charge in [0.2, 0.25) is 0 Å². The largest absolute Gasteiger partial charge is 0.248 e. The molecule has 0 unspecified atom stereocenters. The van der Waals surface area contributed by atoms with Crippen molar-refractivity contribution in [1.29, 1.82) is 0 Å². The summed E-state index contributed by atoms with van der Waals surface area (Å²) in [7, 11) is 0. The van der Waals surface area contributed by atoms with Gasteiger partial charge in [0.05, 0.1) is 0 Å². The van der Waals surface area contributed by atoms with Crippen LogP contribution in [-0.4, -0.2) is 4.98 Å². The number of rotatable bonds is 0. The quantitative estimate of drug-likeness (QED) is 0.506. The van der Waals surface area contributed by atoms with Crippen LogP contribution in [0.1, 0.15) is 12.6 Å². The minimum absolute atomic E-state index is 0.811.